The zero-order valence-electron chi connectivity index (χ0n) is 13.3. The molecule has 1 aromatic rings. The van der Waals surface area contributed by atoms with Gasteiger partial charge in [-0.3, -0.25) is 0 Å². The third-order valence-electron chi connectivity index (χ3n) is 3.21. The second kappa shape index (κ2) is 6.16. The fourth-order valence-electron chi connectivity index (χ4n) is 2.13. The van der Waals surface area contributed by atoms with E-state index in [1.54, 1.807) is 17.9 Å². The Morgan fingerprint density at radius 2 is 2.05 bits per heavy atom. The lowest BCUT2D eigenvalue weighted by Crippen LogP contribution is -2.50. The number of likely N-dealkylation sites (tertiary alicyclic amines) is 1. The van der Waals surface area contributed by atoms with Crippen LogP contribution in [0.25, 0.3) is 0 Å². The molecule has 7 heteroatoms. The highest BCUT2D eigenvalue weighted by Gasteiger charge is 2.36. The summed E-state index contributed by atoms with van der Waals surface area (Å²) in [6.07, 6.45) is -0.307. The number of ether oxygens (including phenoxy) is 2. The summed E-state index contributed by atoms with van der Waals surface area (Å²) in [5.74, 6) is -0.200. The van der Waals surface area contributed by atoms with Gasteiger partial charge in [-0.25, -0.2) is 9.59 Å². The van der Waals surface area contributed by atoms with Crippen molar-refractivity contribution in [2.45, 2.75) is 39.2 Å². The topological polar surface area (TPSA) is 81.9 Å². The summed E-state index contributed by atoms with van der Waals surface area (Å²) in [5, 5.41) is 0.462. The average Bonchev–Trinajstić information content (AvgIpc) is 2.67. The van der Waals surface area contributed by atoms with E-state index >= 15 is 0 Å². The van der Waals surface area contributed by atoms with Crippen LogP contribution in [0.1, 0.15) is 48.8 Å². The van der Waals surface area contributed by atoms with E-state index in [4.69, 9.17) is 15.2 Å². The number of hydrogen-bond acceptors (Lipinski definition) is 6. The highest BCUT2D eigenvalue weighted by Crippen LogP contribution is 2.36. The summed E-state index contributed by atoms with van der Waals surface area (Å²) in [7, 11) is 0. The summed E-state index contributed by atoms with van der Waals surface area (Å²) >= 11 is 1.38. The average molecular weight is 326 g/mol. The van der Waals surface area contributed by atoms with Crippen LogP contribution in [0.15, 0.2) is 6.07 Å². The Labute approximate surface area is 134 Å². The van der Waals surface area contributed by atoms with Gasteiger partial charge in [0.05, 0.1) is 12.2 Å². The number of carbonyl (C=O) groups excluding carboxylic acids is 2. The summed E-state index contributed by atoms with van der Waals surface area (Å²) < 4.78 is 10.3. The van der Waals surface area contributed by atoms with Gasteiger partial charge in [-0.15, -0.1) is 11.3 Å². The number of rotatable bonds is 3. The minimum absolute atomic E-state index is 0.197. The minimum Gasteiger partial charge on any atom is -0.462 e. The van der Waals surface area contributed by atoms with Crippen molar-refractivity contribution < 1.29 is 19.1 Å². The second-order valence-corrected chi connectivity index (χ2v) is 7.34. The minimum atomic E-state index is -0.493. The Kier molecular flexibility index (Phi) is 4.65. The van der Waals surface area contributed by atoms with Crippen molar-refractivity contribution in [3.8, 4) is 0 Å². The van der Waals surface area contributed by atoms with Crippen molar-refractivity contribution in [3.05, 3.63) is 16.5 Å². The van der Waals surface area contributed by atoms with Crippen LogP contribution in [0, 0.1) is 0 Å². The molecule has 0 aromatic carbocycles. The molecule has 0 spiro atoms. The molecule has 0 aliphatic carbocycles. The zero-order valence-corrected chi connectivity index (χ0v) is 14.2. The molecule has 2 N–H and O–H groups in total. The quantitative estimate of drug-likeness (QED) is 0.864. The molecule has 2 heterocycles. The van der Waals surface area contributed by atoms with Crippen LogP contribution in [0.3, 0.4) is 0 Å². The third-order valence-corrected chi connectivity index (χ3v) is 4.34. The van der Waals surface area contributed by atoms with Crippen molar-refractivity contribution >= 4 is 28.4 Å². The maximum absolute atomic E-state index is 11.9. The molecule has 122 valence electrons. The Hall–Kier alpha value is -1.76. The highest BCUT2D eigenvalue weighted by atomic mass is 32.1. The van der Waals surface area contributed by atoms with E-state index in [-0.39, 0.29) is 12.0 Å². The van der Waals surface area contributed by atoms with Crippen molar-refractivity contribution in [1.82, 2.24) is 4.90 Å². The van der Waals surface area contributed by atoms with Gasteiger partial charge >= 0.3 is 12.1 Å². The van der Waals surface area contributed by atoms with E-state index in [1.807, 2.05) is 20.8 Å². The van der Waals surface area contributed by atoms with Crippen molar-refractivity contribution in [3.63, 3.8) is 0 Å². The number of esters is 1. The first-order valence-electron chi connectivity index (χ1n) is 7.25. The smallest absolute Gasteiger partial charge is 0.410 e. The van der Waals surface area contributed by atoms with Crippen LogP contribution < -0.4 is 5.73 Å². The summed E-state index contributed by atoms with van der Waals surface area (Å²) in [6.45, 7) is 8.76. The van der Waals surface area contributed by atoms with E-state index in [1.165, 1.54) is 11.3 Å². The van der Waals surface area contributed by atoms with Gasteiger partial charge in [0.2, 0.25) is 0 Å². The lowest BCUT2D eigenvalue weighted by atomic mass is 9.98. The van der Waals surface area contributed by atoms with Gasteiger partial charge in [0.15, 0.2) is 0 Å². The molecule has 1 fully saturated rings. The number of anilines is 1. The molecule has 1 aromatic heterocycles. The molecule has 0 bridgehead atoms. The molecule has 1 aliphatic rings. The number of nitrogens with two attached hydrogens (primary N) is 1. The summed E-state index contributed by atoms with van der Waals surface area (Å²) in [5.41, 5.74) is 5.80. The standard InChI is InChI=1S/C15H22N2O4S/c1-5-20-13(18)10-6-11(22-12(10)16)9-7-17(8-9)14(19)21-15(2,3)4/h6,9H,5,7-8,16H2,1-4H3. The molecule has 0 saturated carbocycles. The Balaban J connectivity index is 1.95. The van der Waals surface area contributed by atoms with Gasteiger partial charge in [-0.1, -0.05) is 0 Å². The van der Waals surface area contributed by atoms with Gasteiger partial charge in [-0.05, 0) is 33.8 Å². The van der Waals surface area contributed by atoms with Gasteiger partial charge in [0, 0.05) is 23.9 Å². The largest absolute Gasteiger partial charge is 0.462 e. The second-order valence-electron chi connectivity index (χ2n) is 6.23. The maximum Gasteiger partial charge on any atom is 0.410 e. The number of amides is 1. The lowest BCUT2D eigenvalue weighted by molar-refractivity contribution is 0.00841. The molecule has 2 rings (SSSR count). The van der Waals surface area contributed by atoms with Gasteiger partial charge in [-0.2, -0.15) is 0 Å². The van der Waals surface area contributed by atoms with Gasteiger partial charge in [0.1, 0.15) is 10.6 Å². The number of carbonyl (C=O) groups is 2. The van der Waals surface area contributed by atoms with Crippen LogP contribution in [0.2, 0.25) is 0 Å². The number of nitrogens with zero attached hydrogens (tertiary/aromatic N) is 1. The molecular formula is C15H22N2O4S. The zero-order chi connectivity index (χ0) is 16.5. The van der Waals surface area contributed by atoms with Crippen molar-refractivity contribution in [1.29, 1.82) is 0 Å². The molecular weight excluding hydrogens is 304 g/mol. The first-order chi connectivity index (χ1) is 10.2. The van der Waals surface area contributed by atoms with Crippen LogP contribution in [-0.2, 0) is 9.47 Å². The predicted molar refractivity (Wildman–Crippen MR) is 85.2 cm³/mol. The fourth-order valence-corrected chi connectivity index (χ4v) is 3.13. The Bertz CT molecular complexity index is 571. The summed E-state index contributed by atoms with van der Waals surface area (Å²) in [4.78, 5) is 26.3. The fraction of sp³-hybridized carbons (Fsp3) is 0.600. The number of hydrogen-bond donors (Lipinski definition) is 1. The normalized spacial score (nSPS) is 15.4. The molecule has 0 unspecified atom stereocenters. The van der Waals surface area contributed by atoms with Gasteiger partial charge in [0.25, 0.3) is 0 Å². The maximum atomic E-state index is 11.9. The van der Waals surface area contributed by atoms with E-state index in [0.717, 1.165) is 4.88 Å². The third kappa shape index (κ3) is 3.71. The molecule has 6 nitrogen and oxygen atoms in total. The highest BCUT2D eigenvalue weighted by molar-refractivity contribution is 7.16. The molecule has 1 aliphatic heterocycles. The van der Waals surface area contributed by atoms with E-state index in [2.05, 4.69) is 0 Å². The van der Waals surface area contributed by atoms with E-state index in [0.29, 0.717) is 30.3 Å². The van der Waals surface area contributed by atoms with Crippen molar-refractivity contribution in [2.75, 3.05) is 25.4 Å². The predicted octanol–water partition coefficient (Wildman–Crippen LogP) is 2.84. The SMILES string of the molecule is CCOC(=O)c1cc(C2CN(C(=O)OC(C)(C)C)C2)sc1N. The number of thiophene rings is 1. The molecule has 1 saturated heterocycles. The summed E-state index contributed by atoms with van der Waals surface area (Å²) in [6, 6.07) is 1.77. The van der Waals surface area contributed by atoms with Crippen LogP contribution in [0.5, 0.6) is 0 Å². The van der Waals surface area contributed by atoms with Crippen molar-refractivity contribution in [2.24, 2.45) is 0 Å². The lowest BCUT2D eigenvalue weighted by Gasteiger charge is -2.39. The number of nitrogen functional groups attached to an aromatic ring is 1. The van der Waals surface area contributed by atoms with E-state index < -0.39 is 11.6 Å². The molecule has 0 atom stereocenters. The molecule has 22 heavy (non-hydrogen) atoms. The Morgan fingerprint density at radius 3 is 2.59 bits per heavy atom. The van der Waals surface area contributed by atoms with Crippen LogP contribution in [-0.4, -0.2) is 42.3 Å². The van der Waals surface area contributed by atoms with Crippen LogP contribution in [0.4, 0.5) is 9.80 Å². The van der Waals surface area contributed by atoms with Crippen LogP contribution >= 0.6 is 11.3 Å². The molecule has 0 radical (unpaired) electrons. The molecule has 1 amide bonds. The Morgan fingerprint density at radius 1 is 1.41 bits per heavy atom. The monoisotopic (exact) mass is 326 g/mol. The van der Waals surface area contributed by atoms with E-state index in [9.17, 15) is 9.59 Å². The first-order valence-corrected chi connectivity index (χ1v) is 8.07. The van der Waals surface area contributed by atoms with Gasteiger partial charge < -0.3 is 20.1 Å². The first kappa shape index (κ1) is 16.6.